The Bertz CT molecular complexity index is 1350. The molecule has 0 unspecified atom stereocenters. The van der Waals surface area contributed by atoms with E-state index >= 15 is 0 Å². The van der Waals surface area contributed by atoms with Crippen LogP contribution in [0.4, 0.5) is 31.9 Å². The van der Waals surface area contributed by atoms with Gasteiger partial charge in [-0.25, -0.2) is 13.4 Å². The van der Waals surface area contributed by atoms with Crippen LogP contribution in [0.25, 0.3) is 0 Å². The number of rotatable bonds is 9. The number of para-hydroxylation sites is 1. The number of nitrogens with zero attached hydrogens (tertiary/aromatic N) is 2. The number of anilines is 4. The highest BCUT2D eigenvalue weighted by atomic mass is 35.5. The molecule has 1 saturated heterocycles. The van der Waals surface area contributed by atoms with Crippen molar-refractivity contribution < 1.29 is 21.9 Å². The van der Waals surface area contributed by atoms with Crippen molar-refractivity contribution in [3.63, 3.8) is 0 Å². The molecule has 1 fully saturated rings. The standard InChI is InChI=1S/C25H28ClF2N5O3S/c1-15(2)37(34,35)22-6-4-3-5-20(22)31-23-18(26)14-30-25(33-23)32-19-8-7-17(13-21(19)36-24(27)28)16-9-11-29-12-10-16/h3-8,13-16,24,29H,9-12H2,1-2H3,(H2,30,31,32,33). The molecular weight excluding hydrogens is 524 g/mol. The van der Waals surface area contributed by atoms with Gasteiger partial charge in [-0.3, -0.25) is 0 Å². The number of nitrogens with one attached hydrogen (secondary N) is 3. The zero-order chi connectivity index (χ0) is 26.6. The second-order valence-electron chi connectivity index (χ2n) is 8.89. The van der Waals surface area contributed by atoms with Crippen molar-refractivity contribution in [2.75, 3.05) is 23.7 Å². The van der Waals surface area contributed by atoms with E-state index in [1.165, 1.54) is 12.3 Å². The lowest BCUT2D eigenvalue weighted by Crippen LogP contribution is -2.26. The molecule has 2 heterocycles. The van der Waals surface area contributed by atoms with E-state index in [2.05, 4.69) is 25.9 Å². The third-order valence-electron chi connectivity index (χ3n) is 6.09. The molecule has 8 nitrogen and oxygen atoms in total. The number of alkyl halides is 2. The van der Waals surface area contributed by atoms with Crippen molar-refractivity contribution in [1.82, 2.24) is 15.3 Å². The molecule has 37 heavy (non-hydrogen) atoms. The molecule has 0 amide bonds. The Hall–Kier alpha value is -3.02. The van der Waals surface area contributed by atoms with E-state index < -0.39 is 21.7 Å². The maximum Gasteiger partial charge on any atom is 0.387 e. The molecule has 0 radical (unpaired) electrons. The third-order valence-corrected chi connectivity index (χ3v) is 8.58. The zero-order valence-electron chi connectivity index (χ0n) is 20.3. The summed E-state index contributed by atoms with van der Waals surface area (Å²) in [6, 6.07) is 11.6. The summed E-state index contributed by atoms with van der Waals surface area (Å²) in [4.78, 5) is 8.60. The molecule has 0 atom stereocenters. The van der Waals surface area contributed by atoms with Gasteiger partial charge in [-0.15, -0.1) is 0 Å². The normalized spacial score (nSPS) is 14.7. The Morgan fingerprint density at radius 1 is 1.08 bits per heavy atom. The first-order valence-corrected chi connectivity index (χ1v) is 13.8. The molecular formula is C25H28ClF2N5O3S. The van der Waals surface area contributed by atoms with Crippen molar-refractivity contribution in [2.45, 2.75) is 49.4 Å². The average molecular weight is 552 g/mol. The monoisotopic (exact) mass is 551 g/mol. The quantitative estimate of drug-likeness (QED) is 0.303. The van der Waals surface area contributed by atoms with Crippen LogP contribution in [0.5, 0.6) is 5.75 Å². The third kappa shape index (κ3) is 6.46. The molecule has 198 valence electrons. The molecule has 4 rings (SSSR count). The molecule has 12 heteroatoms. The molecule has 3 aromatic rings. The minimum atomic E-state index is -3.59. The number of ether oxygens (including phenoxy) is 1. The van der Waals surface area contributed by atoms with Crippen molar-refractivity contribution in [1.29, 1.82) is 0 Å². The van der Waals surface area contributed by atoms with E-state index in [0.29, 0.717) is 5.69 Å². The van der Waals surface area contributed by atoms with E-state index in [0.717, 1.165) is 31.5 Å². The Morgan fingerprint density at radius 2 is 1.81 bits per heavy atom. The fraction of sp³-hybridized carbons (Fsp3) is 0.360. The number of halogens is 3. The number of aromatic nitrogens is 2. The predicted octanol–water partition coefficient (Wildman–Crippen LogP) is 5.87. The molecule has 0 aliphatic carbocycles. The summed E-state index contributed by atoms with van der Waals surface area (Å²) < 4.78 is 56.8. The highest BCUT2D eigenvalue weighted by molar-refractivity contribution is 7.92. The molecule has 0 saturated carbocycles. The van der Waals surface area contributed by atoms with Gasteiger partial charge in [0, 0.05) is 0 Å². The number of benzene rings is 2. The van der Waals surface area contributed by atoms with Gasteiger partial charge in [0.15, 0.2) is 15.7 Å². The first-order chi connectivity index (χ1) is 17.6. The largest absolute Gasteiger partial charge is 0.433 e. The summed E-state index contributed by atoms with van der Waals surface area (Å²) in [5.41, 5.74) is 1.48. The predicted molar refractivity (Wildman–Crippen MR) is 140 cm³/mol. The van der Waals surface area contributed by atoms with Gasteiger partial charge >= 0.3 is 6.61 Å². The zero-order valence-corrected chi connectivity index (χ0v) is 21.9. The SMILES string of the molecule is CC(C)S(=O)(=O)c1ccccc1Nc1nc(Nc2ccc(C3CCNCC3)cc2OC(F)F)ncc1Cl. The van der Waals surface area contributed by atoms with E-state index in [4.69, 9.17) is 16.3 Å². The molecule has 0 spiro atoms. The maximum atomic E-state index is 13.2. The minimum Gasteiger partial charge on any atom is -0.433 e. The lowest BCUT2D eigenvalue weighted by Gasteiger charge is -2.24. The number of sulfone groups is 1. The van der Waals surface area contributed by atoms with E-state index in [-0.39, 0.29) is 39.0 Å². The summed E-state index contributed by atoms with van der Waals surface area (Å²) in [6.45, 7) is 1.92. The van der Waals surface area contributed by atoms with Crippen molar-refractivity contribution >= 4 is 44.6 Å². The lowest BCUT2D eigenvalue weighted by atomic mass is 9.90. The van der Waals surface area contributed by atoms with Gasteiger partial charge < -0.3 is 20.7 Å². The maximum absolute atomic E-state index is 13.2. The lowest BCUT2D eigenvalue weighted by molar-refractivity contribution is -0.0494. The first kappa shape index (κ1) is 27.0. The summed E-state index contributed by atoms with van der Waals surface area (Å²) in [6.07, 6.45) is 3.14. The molecule has 1 aliphatic rings. The van der Waals surface area contributed by atoms with Gasteiger partial charge in [-0.05, 0) is 75.5 Å². The fourth-order valence-electron chi connectivity index (χ4n) is 4.08. The van der Waals surface area contributed by atoms with Crippen LogP contribution in [0, 0.1) is 0 Å². The van der Waals surface area contributed by atoms with Crippen molar-refractivity contribution in [3.05, 3.63) is 59.2 Å². The van der Waals surface area contributed by atoms with Crippen LogP contribution < -0.4 is 20.7 Å². The molecule has 1 aromatic heterocycles. The summed E-state index contributed by atoms with van der Waals surface area (Å²) in [7, 11) is -3.59. The minimum absolute atomic E-state index is 0.0209. The van der Waals surface area contributed by atoms with Gasteiger partial charge in [0.25, 0.3) is 0 Å². The smallest absolute Gasteiger partial charge is 0.387 e. The van der Waals surface area contributed by atoms with Crippen LogP contribution in [0.2, 0.25) is 5.02 Å². The summed E-state index contributed by atoms with van der Waals surface area (Å²) in [5.74, 6) is 0.436. The average Bonchev–Trinajstić information content (AvgIpc) is 2.87. The molecule has 3 N–H and O–H groups in total. The van der Waals surface area contributed by atoms with E-state index in [1.807, 2.05) is 6.07 Å². The molecule has 0 bridgehead atoms. The highest BCUT2D eigenvalue weighted by Gasteiger charge is 2.23. The first-order valence-electron chi connectivity index (χ1n) is 11.8. The van der Waals surface area contributed by atoms with Gasteiger partial charge in [0.05, 0.1) is 27.7 Å². The Labute approximate surface area is 219 Å². The van der Waals surface area contributed by atoms with E-state index in [1.54, 1.807) is 44.2 Å². The molecule has 2 aromatic carbocycles. The number of hydrogen-bond acceptors (Lipinski definition) is 8. The van der Waals surface area contributed by atoms with Gasteiger partial charge in [0.2, 0.25) is 5.95 Å². The number of hydrogen-bond donors (Lipinski definition) is 3. The topological polar surface area (TPSA) is 105 Å². The van der Waals surface area contributed by atoms with Crippen molar-refractivity contribution in [3.8, 4) is 5.75 Å². The second kappa shape index (κ2) is 11.6. The Kier molecular flexibility index (Phi) is 8.46. The highest BCUT2D eigenvalue weighted by Crippen LogP contribution is 2.36. The van der Waals surface area contributed by atoms with Crippen molar-refractivity contribution in [2.24, 2.45) is 0 Å². The Morgan fingerprint density at radius 3 is 2.51 bits per heavy atom. The number of piperidine rings is 1. The summed E-state index contributed by atoms with van der Waals surface area (Å²) >= 11 is 6.29. The van der Waals surface area contributed by atoms with Gasteiger partial charge in [0.1, 0.15) is 10.8 Å². The van der Waals surface area contributed by atoms with Gasteiger partial charge in [-0.2, -0.15) is 13.8 Å². The van der Waals surface area contributed by atoms with Crippen LogP contribution in [-0.4, -0.2) is 43.3 Å². The fourth-order valence-corrected chi connectivity index (χ4v) is 5.42. The second-order valence-corrected chi connectivity index (χ2v) is 11.8. The van der Waals surface area contributed by atoms with Gasteiger partial charge in [-0.1, -0.05) is 29.8 Å². The van der Waals surface area contributed by atoms with Crippen LogP contribution in [0.1, 0.15) is 38.2 Å². The van der Waals surface area contributed by atoms with E-state index in [9.17, 15) is 17.2 Å². The van der Waals surface area contributed by atoms with Crippen LogP contribution in [0.15, 0.2) is 53.6 Å². The Balaban J connectivity index is 1.62. The van der Waals surface area contributed by atoms with Crippen LogP contribution in [-0.2, 0) is 9.84 Å². The van der Waals surface area contributed by atoms with Crippen LogP contribution >= 0.6 is 11.6 Å². The summed E-state index contributed by atoms with van der Waals surface area (Å²) in [5, 5.41) is 8.69. The van der Waals surface area contributed by atoms with Crippen LogP contribution in [0.3, 0.4) is 0 Å². The molecule has 1 aliphatic heterocycles.